The summed E-state index contributed by atoms with van der Waals surface area (Å²) in [6, 6.07) is 15.7. The van der Waals surface area contributed by atoms with E-state index < -0.39 is 0 Å². The summed E-state index contributed by atoms with van der Waals surface area (Å²) in [5.41, 5.74) is 11.3. The Balaban J connectivity index is 1.34. The molecule has 2 aromatic carbocycles. The first-order chi connectivity index (χ1) is 15.1. The number of nitrogens with one attached hydrogen (secondary N) is 1. The van der Waals surface area contributed by atoms with Gasteiger partial charge in [0.2, 0.25) is 0 Å². The Hall–Kier alpha value is -3.29. The predicted molar refractivity (Wildman–Crippen MR) is 125 cm³/mol. The molecule has 0 saturated carbocycles. The van der Waals surface area contributed by atoms with Crippen molar-refractivity contribution in [1.82, 2.24) is 19.9 Å². The Kier molecular flexibility index (Phi) is 5.13. The van der Waals surface area contributed by atoms with Crippen molar-refractivity contribution in [3.8, 4) is 22.0 Å². The van der Waals surface area contributed by atoms with Crippen LogP contribution in [0.25, 0.3) is 22.0 Å². The van der Waals surface area contributed by atoms with E-state index in [9.17, 15) is 4.79 Å². The molecule has 0 unspecified atom stereocenters. The number of hydrogen-bond donors (Lipinski definition) is 2. The van der Waals surface area contributed by atoms with Crippen LogP contribution in [0.4, 0.5) is 5.69 Å². The van der Waals surface area contributed by atoms with Gasteiger partial charge in [0.1, 0.15) is 10.8 Å². The van der Waals surface area contributed by atoms with Gasteiger partial charge in [0.05, 0.1) is 11.3 Å². The highest BCUT2D eigenvalue weighted by Gasteiger charge is 2.22. The highest BCUT2D eigenvalue weighted by molar-refractivity contribution is 7.15. The van der Waals surface area contributed by atoms with Crippen LogP contribution in [-0.4, -0.2) is 26.4 Å². The number of nitrogens with two attached hydrogens (primary N) is 1. The smallest absolute Gasteiger partial charge is 0.255 e. The largest absolute Gasteiger partial charge is 0.399 e. The van der Waals surface area contributed by atoms with Crippen LogP contribution in [0.5, 0.6) is 0 Å². The van der Waals surface area contributed by atoms with Gasteiger partial charge in [-0.05, 0) is 36.8 Å². The second-order valence-electron chi connectivity index (χ2n) is 7.87. The van der Waals surface area contributed by atoms with Crippen LogP contribution < -0.4 is 11.3 Å². The maximum absolute atomic E-state index is 12.8. The molecule has 5 rings (SSSR count). The Morgan fingerprint density at radius 2 is 1.97 bits per heavy atom. The molecular formula is C24H23N5OS. The van der Waals surface area contributed by atoms with Crippen LogP contribution in [-0.2, 0) is 19.5 Å². The van der Waals surface area contributed by atoms with Crippen LogP contribution in [0.2, 0.25) is 0 Å². The molecule has 0 atom stereocenters. The van der Waals surface area contributed by atoms with Crippen molar-refractivity contribution in [2.75, 3.05) is 12.3 Å². The van der Waals surface area contributed by atoms with Crippen LogP contribution >= 0.6 is 11.3 Å². The van der Waals surface area contributed by atoms with E-state index in [1.165, 1.54) is 16.0 Å². The Bertz CT molecular complexity index is 1290. The number of aryl methyl sites for hydroxylation is 1. The average Bonchev–Trinajstić information content (AvgIpc) is 3.23. The molecule has 156 valence electrons. The van der Waals surface area contributed by atoms with Crippen molar-refractivity contribution in [2.24, 2.45) is 0 Å². The fourth-order valence-electron chi connectivity index (χ4n) is 3.93. The first kappa shape index (κ1) is 19.7. The number of hydrogen-bond acceptors (Lipinski definition) is 6. The summed E-state index contributed by atoms with van der Waals surface area (Å²) in [4.78, 5) is 28.6. The van der Waals surface area contributed by atoms with Gasteiger partial charge in [-0.15, -0.1) is 11.3 Å². The minimum Gasteiger partial charge on any atom is -0.399 e. The van der Waals surface area contributed by atoms with E-state index in [0.717, 1.165) is 41.3 Å². The number of benzene rings is 2. The number of H-pyrrole nitrogens is 1. The molecule has 0 spiro atoms. The first-order valence-corrected chi connectivity index (χ1v) is 11.1. The van der Waals surface area contributed by atoms with E-state index in [4.69, 9.17) is 10.7 Å². The summed E-state index contributed by atoms with van der Waals surface area (Å²) in [5.74, 6) is 0.600. The van der Waals surface area contributed by atoms with Crippen LogP contribution in [0, 0.1) is 6.92 Å². The maximum atomic E-state index is 12.8. The number of thiazole rings is 1. The predicted octanol–water partition coefficient (Wildman–Crippen LogP) is 4.01. The number of rotatable bonds is 4. The number of nitrogen functional groups attached to an aromatic ring is 1. The van der Waals surface area contributed by atoms with E-state index in [0.29, 0.717) is 18.1 Å². The summed E-state index contributed by atoms with van der Waals surface area (Å²) in [6.45, 7) is 4.34. The molecule has 1 aliphatic heterocycles. The van der Waals surface area contributed by atoms with Crippen molar-refractivity contribution in [2.45, 2.75) is 26.4 Å². The lowest BCUT2D eigenvalue weighted by Crippen LogP contribution is -2.35. The van der Waals surface area contributed by atoms with Gasteiger partial charge in [0.15, 0.2) is 0 Å². The zero-order chi connectivity index (χ0) is 21.4. The third-order valence-corrected chi connectivity index (χ3v) is 6.66. The molecule has 0 aliphatic carbocycles. The molecular weight excluding hydrogens is 406 g/mol. The minimum atomic E-state index is -0.0635. The van der Waals surface area contributed by atoms with E-state index in [1.807, 2.05) is 42.6 Å². The van der Waals surface area contributed by atoms with Gasteiger partial charge in [-0.2, -0.15) is 0 Å². The van der Waals surface area contributed by atoms with Gasteiger partial charge < -0.3 is 10.7 Å². The van der Waals surface area contributed by atoms with Gasteiger partial charge >= 0.3 is 0 Å². The normalized spacial score (nSPS) is 13.8. The average molecular weight is 430 g/mol. The SMILES string of the molecule is Cc1ccccc1-c1ncc(CN2CCc3nc(-c4ccc(N)cc4)[nH]c(=O)c3C2)s1. The van der Waals surface area contributed by atoms with E-state index >= 15 is 0 Å². The molecule has 4 aromatic rings. The van der Waals surface area contributed by atoms with Crippen molar-refractivity contribution in [3.05, 3.63) is 86.8 Å². The number of nitrogens with zero attached hydrogens (tertiary/aromatic N) is 3. The van der Waals surface area contributed by atoms with Crippen LogP contribution in [0.3, 0.4) is 0 Å². The monoisotopic (exact) mass is 429 g/mol. The Morgan fingerprint density at radius 3 is 2.77 bits per heavy atom. The zero-order valence-corrected chi connectivity index (χ0v) is 18.1. The lowest BCUT2D eigenvalue weighted by atomic mass is 10.1. The standard InChI is InChI=1S/C24H23N5OS/c1-15-4-2-3-5-19(15)24-26-12-18(31-24)13-29-11-10-21-20(14-29)23(30)28-22(27-21)16-6-8-17(25)9-7-16/h2-9,12H,10-11,13-14,25H2,1H3,(H,27,28,30). The molecule has 0 radical (unpaired) electrons. The number of anilines is 1. The van der Waals surface area contributed by atoms with Gasteiger partial charge in [-0.1, -0.05) is 24.3 Å². The summed E-state index contributed by atoms with van der Waals surface area (Å²) < 4.78 is 0. The summed E-state index contributed by atoms with van der Waals surface area (Å²) in [5, 5.41) is 1.04. The third kappa shape index (κ3) is 4.02. The van der Waals surface area contributed by atoms with Crippen molar-refractivity contribution < 1.29 is 0 Å². The van der Waals surface area contributed by atoms with Gasteiger partial charge in [0.25, 0.3) is 5.56 Å². The Labute approximate surface area is 184 Å². The fourth-order valence-corrected chi connectivity index (χ4v) is 4.98. The van der Waals surface area contributed by atoms with E-state index in [-0.39, 0.29) is 5.56 Å². The summed E-state index contributed by atoms with van der Waals surface area (Å²) >= 11 is 1.72. The quantitative estimate of drug-likeness (QED) is 0.479. The molecule has 1 aliphatic rings. The minimum absolute atomic E-state index is 0.0635. The molecule has 31 heavy (non-hydrogen) atoms. The molecule has 0 amide bonds. The second kappa shape index (κ2) is 8.09. The molecule has 0 saturated heterocycles. The third-order valence-electron chi connectivity index (χ3n) is 5.64. The summed E-state index contributed by atoms with van der Waals surface area (Å²) in [7, 11) is 0. The highest BCUT2D eigenvalue weighted by Crippen LogP contribution is 2.29. The van der Waals surface area contributed by atoms with Gasteiger partial charge in [0, 0.05) is 53.9 Å². The molecule has 3 heterocycles. The molecule has 0 fully saturated rings. The van der Waals surface area contributed by atoms with Crippen molar-refractivity contribution in [1.29, 1.82) is 0 Å². The maximum Gasteiger partial charge on any atom is 0.255 e. The number of aromatic amines is 1. The number of fused-ring (bicyclic) bond motifs is 1. The highest BCUT2D eigenvalue weighted by atomic mass is 32.1. The van der Waals surface area contributed by atoms with Crippen LogP contribution in [0.15, 0.2) is 59.5 Å². The molecule has 7 heteroatoms. The molecule has 6 nitrogen and oxygen atoms in total. The summed E-state index contributed by atoms with van der Waals surface area (Å²) in [6.07, 6.45) is 2.71. The lowest BCUT2D eigenvalue weighted by Gasteiger charge is -2.27. The first-order valence-electron chi connectivity index (χ1n) is 10.3. The van der Waals surface area contributed by atoms with Crippen LogP contribution in [0.1, 0.15) is 21.7 Å². The van der Waals surface area contributed by atoms with Gasteiger partial charge in [-0.25, -0.2) is 9.97 Å². The van der Waals surface area contributed by atoms with Crippen molar-refractivity contribution >= 4 is 17.0 Å². The van der Waals surface area contributed by atoms with E-state index in [2.05, 4.69) is 33.9 Å². The van der Waals surface area contributed by atoms with E-state index in [1.54, 1.807) is 11.3 Å². The fraction of sp³-hybridized carbons (Fsp3) is 0.208. The second-order valence-corrected chi connectivity index (χ2v) is 8.98. The Morgan fingerprint density at radius 1 is 1.16 bits per heavy atom. The van der Waals surface area contributed by atoms with Crippen molar-refractivity contribution in [3.63, 3.8) is 0 Å². The molecule has 3 N–H and O–H groups in total. The topological polar surface area (TPSA) is 87.9 Å². The molecule has 0 bridgehead atoms. The molecule has 2 aromatic heterocycles. The van der Waals surface area contributed by atoms with Gasteiger partial charge in [-0.3, -0.25) is 9.69 Å². The zero-order valence-electron chi connectivity index (χ0n) is 17.3. The number of aromatic nitrogens is 3. The lowest BCUT2D eigenvalue weighted by molar-refractivity contribution is 0.244.